The first kappa shape index (κ1) is 27.5. The van der Waals surface area contributed by atoms with Gasteiger partial charge < -0.3 is 4.74 Å². The van der Waals surface area contributed by atoms with Gasteiger partial charge in [-0.1, -0.05) is 118 Å². The van der Waals surface area contributed by atoms with Crippen LogP contribution >= 0.6 is 0 Å². The second kappa shape index (κ2) is 21.2. The van der Waals surface area contributed by atoms with Crippen molar-refractivity contribution < 1.29 is 9.53 Å². The zero-order chi connectivity index (χ0) is 20.9. The molecule has 0 amide bonds. The average Bonchev–Trinajstić information content (AvgIpc) is 2.71. The number of unbranched alkanes of at least 4 members (excludes halogenated alkanes) is 11. The van der Waals surface area contributed by atoms with Crippen LogP contribution in [0.1, 0.15) is 143 Å². The maximum atomic E-state index is 12.5. The Balaban J connectivity index is 4.22. The lowest BCUT2D eigenvalue weighted by molar-refractivity contribution is -0.150. The quantitative estimate of drug-likeness (QED) is 0.143. The lowest BCUT2D eigenvalue weighted by Gasteiger charge is -2.20. The molecule has 0 fully saturated rings. The summed E-state index contributed by atoms with van der Waals surface area (Å²) < 4.78 is 5.81. The van der Waals surface area contributed by atoms with E-state index in [2.05, 4.69) is 27.7 Å². The van der Waals surface area contributed by atoms with E-state index in [0.717, 1.165) is 25.7 Å². The molecular formula is C26H52O2. The molecule has 0 radical (unpaired) electrons. The first-order chi connectivity index (χ1) is 13.7. The van der Waals surface area contributed by atoms with Crippen LogP contribution in [0.3, 0.4) is 0 Å². The molecule has 0 aromatic heterocycles. The van der Waals surface area contributed by atoms with Crippen LogP contribution in [0.15, 0.2) is 0 Å². The maximum Gasteiger partial charge on any atom is 0.308 e. The highest BCUT2D eigenvalue weighted by molar-refractivity contribution is 5.72. The number of carbonyl (C=O) groups is 1. The van der Waals surface area contributed by atoms with Gasteiger partial charge in [0, 0.05) is 0 Å². The summed E-state index contributed by atoms with van der Waals surface area (Å²) in [6.07, 6.45) is 22.8. The minimum atomic E-state index is 0.0619. The van der Waals surface area contributed by atoms with Crippen LogP contribution in [0, 0.1) is 11.8 Å². The summed E-state index contributed by atoms with van der Waals surface area (Å²) in [6, 6.07) is 0. The normalized spacial score (nSPS) is 12.5. The molecule has 0 aromatic carbocycles. The van der Waals surface area contributed by atoms with E-state index in [-0.39, 0.29) is 11.9 Å². The van der Waals surface area contributed by atoms with Crippen molar-refractivity contribution >= 4 is 5.97 Å². The first-order valence-corrected chi connectivity index (χ1v) is 12.9. The van der Waals surface area contributed by atoms with E-state index in [1.54, 1.807) is 0 Å². The van der Waals surface area contributed by atoms with Gasteiger partial charge >= 0.3 is 5.97 Å². The summed E-state index contributed by atoms with van der Waals surface area (Å²) >= 11 is 0. The zero-order valence-corrected chi connectivity index (χ0v) is 19.9. The van der Waals surface area contributed by atoms with Crippen LogP contribution in [-0.4, -0.2) is 12.6 Å². The number of esters is 1. The third-order valence-electron chi connectivity index (χ3n) is 6.13. The molecule has 0 heterocycles. The first-order valence-electron chi connectivity index (χ1n) is 12.9. The molecule has 0 aromatic rings. The van der Waals surface area contributed by atoms with Crippen LogP contribution in [0.25, 0.3) is 0 Å². The molecule has 2 nitrogen and oxygen atoms in total. The van der Waals surface area contributed by atoms with Gasteiger partial charge in [0.05, 0.1) is 12.5 Å². The molecule has 1 atom stereocenters. The monoisotopic (exact) mass is 396 g/mol. The van der Waals surface area contributed by atoms with Crippen molar-refractivity contribution in [1.29, 1.82) is 0 Å². The fraction of sp³-hybridized carbons (Fsp3) is 0.962. The predicted octanol–water partition coefficient (Wildman–Crippen LogP) is 8.86. The van der Waals surface area contributed by atoms with Gasteiger partial charge in [0.25, 0.3) is 0 Å². The molecule has 0 aliphatic rings. The highest BCUT2D eigenvalue weighted by Gasteiger charge is 2.19. The van der Waals surface area contributed by atoms with Crippen molar-refractivity contribution in [2.75, 3.05) is 6.61 Å². The van der Waals surface area contributed by atoms with E-state index in [4.69, 9.17) is 4.74 Å². The summed E-state index contributed by atoms with van der Waals surface area (Å²) in [5, 5.41) is 0. The molecule has 0 aliphatic carbocycles. The molecule has 2 heteroatoms. The Morgan fingerprint density at radius 1 is 0.607 bits per heavy atom. The Labute approximate surface area is 177 Å². The van der Waals surface area contributed by atoms with Crippen LogP contribution in [0.2, 0.25) is 0 Å². The number of rotatable bonds is 21. The summed E-state index contributed by atoms with van der Waals surface area (Å²) in [5.74, 6) is 0.750. The predicted molar refractivity (Wildman–Crippen MR) is 124 cm³/mol. The minimum absolute atomic E-state index is 0.0619. The topological polar surface area (TPSA) is 26.3 Å². The van der Waals surface area contributed by atoms with E-state index < -0.39 is 0 Å². The van der Waals surface area contributed by atoms with E-state index in [1.165, 1.54) is 89.9 Å². The highest BCUT2D eigenvalue weighted by Crippen LogP contribution is 2.21. The largest absolute Gasteiger partial charge is 0.465 e. The van der Waals surface area contributed by atoms with Crippen LogP contribution in [0.4, 0.5) is 0 Å². The van der Waals surface area contributed by atoms with Crippen molar-refractivity contribution in [3.05, 3.63) is 0 Å². The molecule has 1 unspecified atom stereocenters. The molecular weight excluding hydrogens is 344 g/mol. The SMILES string of the molecule is CCCCCCCCC(CCCCCCCC)COC(=O)C(CC)CCCC. The molecule has 168 valence electrons. The average molecular weight is 397 g/mol. The van der Waals surface area contributed by atoms with Crippen molar-refractivity contribution in [1.82, 2.24) is 0 Å². The van der Waals surface area contributed by atoms with E-state index in [0.29, 0.717) is 12.5 Å². The van der Waals surface area contributed by atoms with Gasteiger partial charge in [-0.2, -0.15) is 0 Å². The van der Waals surface area contributed by atoms with Gasteiger partial charge in [-0.3, -0.25) is 4.79 Å². The molecule has 0 saturated heterocycles. The Morgan fingerprint density at radius 2 is 1.07 bits per heavy atom. The summed E-state index contributed by atoms with van der Waals surface area (Å²) in [5.41, 5.74) is 0. The summed E-state index contributed by atoms with van der Waals surface area (Å²) in [7, 11) is 0. The molecule has 0 N–H and O–H groups in total. The molecule has 0 rings (SSSR count). The van der Waals surface area contributed by atoms with E-state index in [9.17, 15) is 4.79 Å². The lowest BCUT2D eigenvalue weighted by atomic mass is 9.94. The van der Waals surface area contributed by atoms with Crippen LogP contribution in [-0.2, 0) is 9.53 Å². The van der Waals surface area contributed by atoms with Crippen molar-refractivity contribution in [2.24, 2.45) is 11.8 Å². The van der Waals surface area contributed by atoms with Crippen molar-refractivity contribution in [3.8, 4) is 0 Å². The Morgan fingerprint density at radius 3 is 1.54 bits per heavy atom. The molecule has 0 aliphatic heterocycles. The third kappa shape index (κ3) is 16.4. The summed E-state index contributed by atoms with van der Waals surface area (Å²) in [6.45, 7) is 9.51. The molecule has 0 bridgehead atoms. The highest BCUT2D eigenvalue weighted by atomic mass is 16.5. The fourth-order valence-corrected chi connectivity index (χ4v) is 3.99. The number of carbonyl (C=O) groups excluding carboxylic acids is 1. The molecule has 0 saturated carbocycles. The van der Waals surface area contributed by atoms with Gasteiger partial charge in [0.15, 0.2) is 0 Å². The summed E-state index contributed by atoms with van der Waals surface area (Å²) in [4.78, 5) is 12.5. The number of hydrogen-bond acceptors (Lipinski definition) is 2. The Bertz CT molecular complexity index is 310. The maximum absolute atomic E-state index is 12.5. The van der Waals surface area contributed by atoms with E-state index >= 15 is 0 Å². The van der Waals surface area contributed by atoms with Gasteiger partial charge in [0.2, 0.25) is 0 Å². The smallest absolute Gasteiger partial charge is 0.308 e. The minimum Gasteiger partial charge on any atom is -0.465 e. The van der Waals surface area contributed by atoms with E-state index in [1.807, 2.05) is 0 Å². The Kier molecular flexibility index (Phi) is 20.8. The zero-order valence-electron chi connectivity index (χ0n) is 19.9. The lowest BCUT2D eigenvalue weighted by Crippen LogP contribution is -2.21. The van der Waals surface area contributed by atoms with Crippen molar-refractivity contribution in [3.63, 3.8) is 0 Å². The van der Waals surface area contributed by atoms with Crippen molar-refractivity contribution in [2.45, 2.75) is 143 Å². The van der Waals surface area contributed by atoms with Crippen LogP contribution < -0.4 is 0 Å². The van der Waals surface area contributed by atoms with Gasteiger partial charge in [-0.15, -0.1) is 0 Å². The van der Waals surface area contributed by atoms with Gasteiger partial charge in [-0.25, -0.2) is 0 Å². The molecule has 28 heavy (non-hydrogen) atoms. The molecule has 0 spiro atoms. The second-order valence-electron chi connectivity index (χ2n) is 8.86. The van der Waals surface area contributed by atoms with Gasteiger partial charge in [-0.05, 0) is 31.6 Å². The standard InChI is InChI=1S/C26H52O2/c1-5-9-12-14-16-18-20-24(21-19-17-15-13-10-6-2)23-28-26(27)25(8-4)22-11-7-3/h24-25H,5-23H2,1-4H3. The Hall–Kier alpha value is -0.530. The number of ether oxygens (including phenoxy) is 1. The van der Waals surface area contributed by atoms with Gasteiger partial charge in [0.1, 0.15) is 0 Å². The third-order valence-corrected chi connectivity index (χ3v) is 6.13. The van der Waals surface area contributed by atoms with Crippen LogP contribution in [0.5, 0.6) is 0 Å². The number of hydrogen-bond donors (Lipinski definition) is 0. The fourth-order valence-electron chi connectivity index (χ4n) is 3.99. The second-order valence-corrected chi connectivity index (χ2v) is 8.86.